The lowest BCUT2D eigenvalue weighted by atomic mass is 9.90. The second kappa shape index (κ2) is 4.14. The maximum Gasteiger partial charge on any atom is 0.0242 e. The van der Waals surface area contributed by atoms with E-state index in [2.05, 4.69) is 38.8 Å². The fourth-order valence-corrected chi connectivity index (χ4v) is 1.27. The van der Waals surface area contributed by atoms with Gasteiger partial charge in [-0.05, 0) is 29.5 Å². The molecule has 0 spiro atoms. The summed E-state index contributed by atoms with van der Waals surface area (Å²) in [6.07, 6.45) is 5.29. The van der Waals surface area contributed by atoms with Gasteiger partial charge < -0.3 is 0 Å². The van der Waals surface area contributed by atoms with Gasteiger partial charge in [0.05, 0.1) is 0 Å². The van der Waals surface area contributed by atoms with Crippen LogP contribution in [0.5, 0.6) is 0 Å². The van der Waals surface area contributed by atoms with E-state index >= 15 is 0 Å². The van der Waals surface area contributed by atoms with Crippen molar-refractivity contribution < 1.29 is 0 Å². The molecule has 0 N–H and O–H groups in total. The molecule has 0 bridgehead atoms. The Labute approximate surface area is 81.0 Å². The van der Waals surface area contributed by atoms with Crippen molar-refractivity contribution in [2.45, 2.75) is 26.7 Å². The lowest BCUT2D eigenvalue weighted by molar-refractivity contribution is 0.535. The molecule has 0 fully saturated rings. The maximum absolute atomic E-state index is 5.29. The Kier molecular flexibility index (Phi) is 3.14. The lowest BCUT2D eigenvalue weighted by Crippen LogP contribution is -2.01. The molecule has 0 aliphatic carbocycles. The third-order valence-electron chi connectivity index (χ3n) is 2.60. The quantitative estimate of drug-likeness (QED) is 0.599. The zero-order chi connectivity index (χ0) is 9.84. The van der Waals surface area contributed by atoms with E-state index in [9.17, 15) is 0 Å². The smallest absolute Gasteiger partial charge is 0.0242 e. The average Bonchev–Trinajstić information content (AvgIpc) is 2.17. The predicted octanol–water partition coefficient (Wildman–Crippen LogP) is 3.43. The van der Waals surface area contributed by atoms with E-state index in [-0.39, 0.29) is 0 Å². The molecule has 0 radical (unpaired) electrons. The van der Waals surface area contributed by atoms with Gasteiger partial charge in [0.2, 0.25) is 0 Å². The Morgan fingerprint density at radius 1 is 1.08 bits per heavy atom. The second-order valence-corrected chi connectivity index (χ2v) is 3.80. The summed E-state index contributed by atoms with van der Waals surface area (Å²) in [7, 11) is 0. The predicted molar refractivity (Wildman–Crippen MR) is 57.6 cm³/mol. The van der Waals surface area contributed by atoms with Crippen molar-refractivity contribution in [2.75, 3.05) is 0 Å². The minimum Gasteiger partial charge on any atom is -0.115 e. The zero-order valence-electron chi connectivity index (χ0n) is 8.54. The van der Waals surface area contributed by atoms with Crippen molar-refractivity contribution in [2.24, 2.45) is 5.92 Å². The topological polar surface area (TPSA) is 0 Å². The standard InChI is InChI=1S/C13H16/c1-5-12-6-8-13(9-7-12)11(4)10(2)3/h1,6-11H,2-4H3. The summed E-state index contributed by atoms with van der Waals surface area (Å²) in [6.45, 7) is 6.72. The molecule has 1 atom stereocenters. The van der Waals surface area contributed by atoms with E-state index in [1.807, 2.05) is 12.1 Å². The van der Waals surface area contributed by atoms with Crippen LogP contribution in [0, 0.1) is 18.3 Å². The Bertz CT molecular complexity index is 298. The van der Waals surface area contributed by atoms with Crippen molar-refractivity contribution in [3.05, 3.63) is 35.4 Å². The molecule has 1 aromatic carbocycles. The van der Waals surface area contributed by atoms with Crippen LogP contribution >= 0.6 is 0 Å². The average molecular weight is 172 g/mol. The number of terminal acetylenes is 1. The van der Waals surface area contributed by atoms with E-state index in [0.29, 0.717) is 11.8 Å². The molecule has 68 valence electrons. The van der Waals surface area contributed by atoms with Crippen molar-refractivity contribution in [3.8, 4) is 12.3 Å². The van der Waals surface area contributed by atoms with Crippen LogP contribution in [0.3, 0.4) is 0 Å². The van der Waals surface area contributed by atoms with Crippen LogP contribution in [0.15, 0.2) is 24.3 Å². The molecule has 0 aliphatic rings. The molecule has 13 heavy (non-hydrogen) atoms. The first kappa shape index (κ1) is 9.86. The van der Waals surface area contributed by atoms with E-state index in [0.717, 1.165) is 5.56 Å². The fraction of sp³-hybridized carbons (Fsp3) is 0.385. The highest BCUT2D eigenvalue weighted by Gasteiger charge is 2.08. The highest BCUT2D eigenvalue weighted by Crippen LogP contribution is 2.23. The summed E-state index contributed by atoms with van der Waals surface area (Å²) >= 11 is 0. The SMILES string of the molecule is C#Cc1ccc(C(C)C(C)C)cc1. The monoisotopic (exact) mass is 172 g/mol. The van der Waals surface area contributed by atoms with Gasteiger partial charge in [0.15, 0.2) is 0 Å². The fourth-order valence-electron chi connectivity index (χ4n) is 1.27. The Morgan fingerprint density at radius 3 is 2.00 bits per heavy atom. The van der Waals surface area contributed by atoms with Crippen LogP contribution in [0.1, 0.15) is 37.8 Å². The third-order valence-corrected chi connectivity index (χ3v) is 2.60. The highest BCUT2D eigenvalue weighted by atomic mass is 14.1. The molecule has 0 heteroatoms. The number of hydrogen-bond acceptors (Lipinski definition) is 0. The van der Waals surface area contributed by atoms with Crippen LogP contribution in [0.25, 0.3) is 0 Å². The van der Waals surface area contributed by atoms with Gasteiger partial charge in [0.1, 0.15) is 0 Å². The Hall–Kier alpha value is -1.22. The summed E-state index contributed by atoms with van der Waals surface area (Å²) in [6, 6.07) is 8.27. The molecule has 0 heterocycles. The van der Waals surface area contributed by atoms with Gasteiger partial charge in [-0.25, -0.2) is 0 Å². The van der Waals surface area contributed by atoms with Crippen LogP contribution in [0.2, 0.25) is 0 Å². The zero-order valence-corrected chi connectivity index (χ0v) is 8.54. The number of benzene rings is 1. The molecule has 0 aromatic heterocycles. The van der Waals surface area contributed by atoms with E-state index in [1.54, 1.807) is 0 Å². The minimum atomic E-state index is 0.604. The summed E-state index contributed by atoms with van der Waals surface area (Å²) in [5.74, 6) is 3.90. The van der Waals surface area contributed by atoms with Crippen LogP contribution in [-0.4, -0.2) is 0 Å². The maximum atomic E-state index is 5.29. The normalized spacial score (nSPS) is 12.5. The molecule has 1 unspecified atom stereocenters. The third kappa shape index (κ3) is 2.36. The molecule has 1 rings (SSSR count). The van der Waals surface area contributed by atoms with Crippen LogP contribution < -0.4 is 0 Å². The highest BCUT2D eigenvalue weighted by molar-refractivity contribution is 5.35. The summed E-state index contributed by atoms with van der Waals surface area (Å²) in [4.78, 5) is 0. The van der Waals surface area contributed by atoms with Gasteiger partial charge in [0.25, 0.3) is 0 Å². The van der Waals surface area contributed by atoms with Crippen molar-refractivity contribution in [1.29, 1.82) is 0 Å². The first-order valence-corrected chi connectivity index (χ1v) is 4.71. The molecule has 0 amide bonds. The molecular formula is C13H16. The Morgan fingerprint density at radius 2 is 1.62 bits per heavy atom. The number of rotatable bonds is 2. The van der Waals surface area contributed by atoms with Gasteiger partial charge in [-0.2, -0.15) is 0 Å². The molecule has 0 nitrogen and oxygen atoms in total. The summed E-state index contributed by atoms with van der Waals surface area (Å²) < 4.78 is 0. The first-order chi connectivity index (χ1) is 6.15. The molecule has 0 saturated carbocycles. The van der Waals surface area contributed by atoms with Crippen molar-refractivity contribution in [3.63, 3.8) is 0 Å². The van der Waals surface area contributed by atoms with Gasteiger partial charge in [-0.3, -0.25) is 0 Å². The van der Waals surface area contributed by atoms with Gasteiger partial charge in [0, 0.05) is 5.56 Å². The van der Waals surface area contributed by atoms with Crippen molar-refractivity contribution >= 4 is 0 Å². The van der Waals surface area contributed by atoms with Gasteiger partial charge in [-0.1, -0.05) is 38.8 Å². The number of hydrogen-bond donors (Lipinski definition) is 0. The minimum absolute atomic E-state index is 0.604. The Balaban J connectivity index is 2.87. The molecule has 1 aromatic rings. The van der Waals surface area contributed by atoms with E-state index in [4.69, 9.17) is 6.42 Å². The largest absolute Gasteiger partial charge is 0.115 e. The van der Waals surface area contributed by atoms with E-state index in [1.165, 1.54) is 5.56 Å². The summed E-state index contributed by atoms with van der Waals surface area (Å²) in [5, 5.41) is 0. The van der Waals surface area contributed by atoms with E-state index < -0.39 is 0 Å². The van der Waals surface area contributed by atoms with Gasteiger partial charge >= 0.3 is 0 Å². The van der Waals surface area contributed by atoms with Gasteiger partial charge in [-0.15, -0.1) is 6.42 Å². The first-order valence-electron chi connectivity index (χ1n) is 4.71. The second-order valence-electron chi connectivity index (χ2n) is 3.80. The molecular weight excluding hydrogens is 156 g/mol. The molecule has 0 aliphatic heterocycles. The molecule has 0 saturated heterocycles. The van der Waals surface area contributed by atoms with Crippen LogP contribution in [-0.2, 0) is 0 Å². The van der Waals surface area contributed by atoms with Crippen LogP contribution in [0.4, 0.5) is 0 Å². The lowest BCUT2D eigenvalue weighted by Gasteiger charge is -2.15. The van der Waals surface area contributed by atoms with Crippen molar-refractivity contribution in [1.82, 2.24) is 0 Å². The summed E-state index contributed by atoms with van der Waals surface area (Å²) in [5.41, 5.74) is 2.33.